The largest absolute Gasteiger partial charge is 0.466 e. The number of esters is 1. The smallest absolute Gasteiger partial charge is 0.309 e. The fraction of sp³-hybridized carbons (Fsp3) is 0.500. The van der Waals surface area contributed by atoms with E-state index in [-0.39, 0.29) is 11.9 Å². The summed E-state index contributed by atoms with van der Waals surface area (Å²) in [5, 5.41) is 2.49. The van der Waals surface area contributed by atoms with E-state index in [4.69, 9.17) is 4.74 Å². The Bertz CT molecular complexity index is 770. The molecule has 1 heterocycles. The molecular weight excluding hydrogens is 372 g/mol. The lowest BCUT2D eigenvalue weighted by Gasteiger charge is -2.30. The normalized spacial score (nSPS) is 15.2. The van der Waals surface area contributed by atoms with Gasteiger partial charge in [-0.05, 0) is 31.9 Å². The molecule has 0 aliphatic carbocycles. The zero-order chi connectivity index (χ0) is 19.9. The highest BCUT2D eigenvalue weighted by atomic mass is 32.2. The number of hydrogen-bond acceptors (Lipinski definition) is 6. The number of ether oxygens (including phenoxy) is 1. The second kappa shape index (κ2) is 9.50. The molecule has 0 radical (unpaired) electrons. The topological polar surface area (TPSA) is 110 Å². The van der Waals surface area contributed by atoms with Crippen molar-refractivity contribution in [3.8, 4) is 0 Å². The van der Waals surface area contributed by atoms with Crippen LogP contribution in [0.1, 0.15) is 19.8 Å². The monoisotopic (exact) mass is 396 g/mol. The Kier molecular flexibility index (Phi) is 7.35. The number of sulfone groups is 1. The van der Waals surface area contributed by atoms with Crippen LogP contribution in [-0.4, -0.2) is 62.3 Å². The van der Waals surface area contributed by atoms with Crippen molar-refractivity contribution in [1.82, 2.24) is 4.90 Å². The Hall–Kier alpha value is -2.42. The summed E-state index contributed by atoms with van der Waals surface area (Å²) in [6, 6.07) is 8.49. The van der Waals surface area contributed by atoms with Crippen LogP contribution in [0.25, 0.3) is 0 Å². The van der Waals surface area contributed by atoms with Gasteiger partial charge in [-0.2, -0.15) is 0 Å². The maximum absolute atomic E-state index is 12.3. The van der Waals surface area contributed by atoms with Crippen molar-refractivity contribution in [2.45, 2.75) is 19.8 Å². The van der Waals surface area contributed by atoms with Gasteiger partial charge in [0, 0.05) is 18.8 Å². The Morgan fingerprint density at radius 2 is 1.74 bits per heavy atom. The van der Waals surface area contributed by atoms with Gasteiger partial charge in [0.15, 0.2) is 9.84 Å². The minimum atomic E-state index is -3.88. The summed E-state index contributed by atoms with van der Waals surface area (Å²) in [6.45, 7) is 2.64. The van der Waals surface area contributed by atoms with Crippen LogP contribution in [0.5, 0.6) is 0 Å². The Balaban J connectivity index is 1.82. The van der Waals surface area contributed by atoms with Gasteiger partial charge in [-0.1, -0.05) is 18.2 Å². The molecule has 1 N–H and O–H groups in total. The summed E-state index contributed by atoms with van der Waals surface area (Å²) in [6.07, 6.45) is 0.887. The molecule has 9 heteroatoms. The third-order valence-electron chi connectivity index (χ3n) is 4.22. The minimum absolute atomic E-state index is 0.262. The van der Waals surface area contributed by atoms with Crippen LogP contribution in [-0.2, 0) is 29.0 Å². The first-order chi connectivity index (χ1) is 12.8. The highest BCUT2D eigenvalue weighted by molar-refractivity contribution is 7.92. The number of piperidine rings is 1. The molecule has 0 saturated carbocycles. The Morgan fingerprint density at radius 1 is 1.11 bits per heavy atom. The number of anilines is 1. The molecule has 27 heavy (non-hydrogen) atoms. The molecule has 2 rings (SSSR count). The third-order valence-corrected chi connectivity index (χ3v) is 5.61. The molecule has 0 atom stereocenters. The van der Waals surface area contributed by atoms with E-state index < -0.39 is 33.2 Å². The van der Waals surface area contributed by atoms with Gasteiger partial charge >= 0.3 is 5.97 Å². The van der Waals surface area contributed by atoms with Gasteiger partial charge in [-0.3, -0.25) is 14.4 Å². The molecule has 0 aromatic heterocycles. The van der Waals surface area contributed by atoms with Crippen LogP contribution in [0.4, 0.5) is 5.69 Å². The van der Waals surface area contributed by atoms with Crippen molar-refractivity contribution in [2.24, 2.45) is 5.92 Å². The number of benzene rings is 1. The second-order valence-electron chi connectivity index (χ2n) is 6.35. The summed E-state index contributed by atoms with van der Waals surface area (Å²) < 4.78 is 29.3. The number of likely N-dealkylation sites (tertiary alicyclic amines) is 1. The van der Waals surface area contributed by atoms with Crippen molar-refractivity contribution in [3.05, 3.63) is 30.3 Å². The molecule has 0 bridgehead atoms. The van der Waals surface area contributed by atoms with Crippen LogP contribution in [0.3, 0.4) is 0 Å². The van der Waals surface area contributed by atoms with E-state index in [1.165, 1.54) is 4.90 Å². The van der Waals surface area contributed by atoms with Crippen LogP contribution in [0, 0.1) is 5.92 Å². The van der Waals surface area contributed by atoms with E-state index in [9.17, 15) is 22.8 Å². The van der Waals surface area contributed by atoms with Crippen LogP contribution in [0.15, 0.2) is 30.3 Å². The van der Waals surface area contributed by atoms with Gasteiger partial charge in [-0.15, -0.1) is 0 Å². The van der Waals surface area contributed by atoms with E-state index >= 15 is 0 Å². The maximum atomic E-state index is 12.3. The zero-order valence-corrected chi connectivity index (χ0v) is 16.0. The summed E-state index contributed by atoms with van der Waals surface area (Å²) in [5.74, 6) is -3.26. The standard InChI is InChI=1S/C18H24N2O6S/c1-2-26-18(23)14-8-10-20(11-9-14)17(22)13-27(24,25)12-16(21)19-15-6-4-3-5-7-15/h3-7,14H,2,8-13H2,1H3,(H,19,21). The van der Waals surface area contributed by atoms with Crippen molar-refractivity contribution in [1.29, 1.82) is 0 Å². The molecule has 0 spiro atoms. The molecule has 8 nitrogen and oxygen atoms in total. The van der Waals surface area contributed by atoms with Crippen molar-refractivity contribution < 1.29 is 27.5 Å². The highest BCUT2D eigenvalue weighted by Crippen LogP contribution is 2.19. The quantitative estimate of drug-likeness (QED) is 0.684. The average Bonchev–Trinajstić information content (AvgIpc) is 2.61. The molecule has 1 aromatic carbocycles. The first-order valence-corrected chi connectivity index (χ1v) is 10.6. The molecular formula is C18H24N2O6S. The van der Waals surface area contributed by atoms with Crippen molar-refractivity contribution in [2.75, 3.05) is 36.5 Å². The van der Waals surface area contributed by atoms with E-state index in [2.05, 4.69) is 5.32 Å². The highest BCUT2D eigenvalue weighted by Gasteiger charge is 2.30. The third kappa shape index (κ3) is 6.67. The fourth-order valence-electron chi connectivity index (χ4n) is 2.87. The van der Waals surface area contributed by atoms with Crippen molar-refractivity contribution in [3.63, 3.8) is 0 Å². The van der Waals surface area contributed by atoms with Gasteiger partial charge in [0.25, 0.3) is 0 Å². The van der Waals surface area contributed by atoms with Crippen LogP contribution in [0.2, 0.25) is 0 Å². The summed E-state index contributed by atoms with van der Waals surface area (Å²) >= 11 is 0. The molecule has 1 aromatic rings. The molecule has 148 valence electrons. The lowest BCUT2D eigenvalue weighted by Crippen LogP contribution is -2.43. The Labute approximate surface area is 158 Å². The van der Waals surface area contributed by atoms with Gasteiger partial charge in [0.05, 0.1) is 12.5 Å². The van der Waals surface area contributed by atoms with Crippen LogP contribution < -0.4 is 5.32 Å². The predicted molar refractivity (Wildman–Crippen MR) is 99.7 cm³/mol. The number of para-hydroxylation sites is 1. The average molecular weight is 396 g/mol. The summed E-state index contributed by atoms with van der Waals surface area (Å²) in [5.41, 5.74) is 0.491. The van der Waals surface area contributed by atoms with Gasteiger partial charge in [0.2, 0.25) is 11.8 Å². The molecule has 0 unspecified atom stereocenters. The van der Waals surface area contributed by atoms with Gasteiger partial charge in [-0.25, -0.2) is 8.42 Å². The lowest BCUT2D eigenvalue weighted by molar-refractivity contribution is -0.151. The van der Waals surface area contributed by atoms with E-state index in [1.54, 1.807) is 37.3 Å². The van der Waals surface area contributed by atoms with Crippen LogP contribution >= 0.6 is 0 Å². The number of nitrogens with zero attached hydrogens (tertiary/aromatic N) is 1. The zero-order valence-electron chi connectivity index (χ0n) is 15.2. The van der Waals surface area contributed by atoms with Gasteiger partial charge in [0.1, 0.15) is 11.5 Å². The number of nitrogens with one attached hydrogen (secondary N) is 1. The first kappa shape index (κ1) is 20.9. The predicted octanol–water partition coefficient (Wildman–Crippen LogP) is 0.842. The minimum Gasteiger partial charge on any atom is -0.466 e. The molecule has 1 aliphatic heterocycles. The number of amides is 2. The van der Waals surface area contributed by atoms with Gasteiger partial charge < -0.3 is 15.0 Å². The van der Waals surface area contributed by atoms with E-state index in [1.807, 2.05) is 0 Å². The number of hydrogen-bond donors (Lipinski definition) is 1. The molecule has 1 aliphatic rings. The van der Waals surface area contributed by atoms with Crippen molar-refractivity contribution >= 4 is 33.3 Å². The lowest BCUT2D eigenvalue weighted by atomic mass is 9.97. The molecule has 1 fully saturated rings. The SMILES string of the molecule is CCOC(=O)C1CCN(C(=O)CS(=O)(=O)CC(=O)Nc2ccccc2)CC1. The summed E-state index contributed by atoms with van der Waals surface area (Å²) in [4.78, 5) is 37.3. The number of rotatable bonds is 7. The number of carbonyl (C=O) groups excluding carboxylic acids is 3. The first-order valence-electron chi connectivity index (χ1n) is 8.80. The van der Waals surface area contributed by atoms with E-state index in [0.717, 1.165) is 0 Å². The Morgan fingerprint density at radius 3 is 2.33 bits per heavy atom. The van der Waals surface area contributed by atoms with E-state index in [0.29, 0.717) is 38.2 Å². The number of carbonyl (C=O) groups is 3. The molecule has 1 saturated heterocycles. The maximum Gasteiger partial charge on any atom is 0.309 e. The second-order valence-corrected chi connectivity index (χ2v) is 8.42. The molecule has 2 amide bonds. The summed E-state index contributed by atoms with van der Waals surface area (Å²) in [7, 11) is -3.88. The fourth-order valence-corrected chi connectivity index (χ4v) is 4.01.